The van der Waals surface area contributed by atoms with Crippen LogP contribution in [0.25, 0.3) is 0 Å². The minimum Gasteiger partial charge on any atom is -0.493 e. The Hall–Kier alpha value is -1.55. The topological polar surface area (TPSA) is 47.6 Å². The van der Waals surface area contributed by atoms with Crippen LogP contribution in [-0.2, 0) is 9.53 Å². The van der Waals surface area contributed by atoms with Gasteiger partial charge in [0.1, 0.15) is 11.4 Å². The number of anilines is 1. The molecule has 0 atom stereocenters. The van der Waals surface area contributed by atoms with Gasteiger partial charge >= 0.3 is 0 Å². The van der Waals surface area contributed by atoms with Crippen LogP contribution in [0.4, 0.5) is 5.69 Å². The second-order valence-electron chi connectivity index (χ2n) is 6.50. The number of benzene rings is 1. The van der Waals surface area contributed by atoms with Gasteiger partial charge in [-0.25, -0.2) is 0 Å². The summed E-state index contributed by atoms with van der Waals surface area (Å²) in [7, 11) is 1.63. The average Bonchev–Trinajstić information content (AvgIpc) is 3.00. The summed E-state index contributed by atoms with van der Waals surface area (Å²) < 4.78 is 11.4. The van der Waals surface area contributed by atoms with Crippen LogP contribution in [0, 0.1) is 13.8 Å². The van der Waals surface area contributed by atoms with E-state index in [1.807, 2.05) is 26.0 Å². The molecule has 1 aliphatic carbocycles. The number of rotatable bonds is 7. The van der Waals surface area contributed by atoms with Crippen LogP contribution in [0.5, 0.6) is 5.75 Å². The van der Waals surface area contributed by atoms with Crippen LogP contribution in [0.3, 0.4) is 0 Å². The van der Waals surface area contributed by atoms with E-state index in [2.05, 4.69) is 12.2 Å². The van der Waals surface area contributed by atoms with E-state index in [4.69, 9.17) is 9.47 Å². The Kier molecular flexibility index (Phi) is 6.05. The number of amides is 1. The van der Waals surface area contributed by atoms with Crippen molar-refractivity contribution in [3.63, 3.8) is 0 Å². The highest BCUT2D eigenvalue weighted by molar-refractivity contribution is 5.97. The van der Waals surface area contributed by atoms with E-state index in [0.29, 0.717) is 0 Å². The number of ether oxygens (including phenoxy) is 2. The Balaban J connectivity index is 2.10. The summed E-state index contributed by atoms with van der Waals surface area (Å²) >= 11 is 0. The molecule has 0 bridgehead atoms. The van der Waals surface area contributed by atoms with Crippen molar-refractivity contribution in [3.05, 3.63) is 23.3 Å². The Morgan fingerprint density at radius 1 is 1.22 bits per heavy atom. The summed E-state index contributed by atoms with van der Waals surface area (Å²) in [6, 6.07) is 3.95. The molecule has 1 amide bonds. The van der Waals surface area contributed by atoms with Gasteiger partial charge in [-0.2, -0.15) is 0 Å². The molecule has 0 heterocycles. The fraction of sp³-hybridized carbons (Fsp3) is 0.632. The van der Waals surface area contributed by atoms with Gasteiger partial charge in [0.05, 0.1) is 6.61 Å². The number of unbranched alkanes of at least 4 members (excludes halogenated alkanes) is 1. The van der Waals surface area contributed by atoms with E-state index in [0.717, 1.165) is 67.7 Å². The minimum atomic E-state index is -0.655. The molecule has 1 aromatic carbocycles. The van der Waals surface area contributed by atoms with Crippen LogP contribution in [0.15, 0.2) is 12.1 Å². The summed E-state index contributed by atoms with van der Waals surface area (Å²) in [4.78, 5) is 12.6. The van der Waals surface area contributed by atoms with Gasteiger partial charge in [-0.3, -0.25) is 4.79 Å². The van der Waals surface area contributed by atoms with Crippen LogP contribution in [-0.4, -0.2) is 25.2 Å². The van der Waals surface area contributed by atoms with Gasteiger partial charge < -0.3 is 14.8 Å². The van der Waals surface area contributed by atoms with Crippen molar-refractivity contribution < 1.29 is 14.3 Å². The summed E-state index contributed by atoms with van der Waals surface area (Å²) in [5.74, 6) is 0.898. The third-order valence-electron chi connectivity index (χ3n) is 4.68. The second-order valence-corrected chi connectivity index (χ2v) is 6.50. The molecule has 0 aromatic heterocycles. The number of nitrogens with one attached hydrogen (secondary N) is 1. The molecule has 0 spiro atoms. The molecule has 1 fully saturated rings. The van der Waals surface area contributed by atoms with Gasteiger partial charge in [0.15, 0.2) is 0 Å². The fourth-order valence-corrected chi connectivity index (χ4v) is 3.28. The van der Waals surface area contributed by atoms with Crippen molar-refractivity contribution in [2.45, 2.75) is 64.9 Å². The lowest BCUT2D eigenvalue weighted by Crippen LogP contribution is -2.42. The molecule has 0 radical (unpaired) electrons. The van der Waals surface area contributed by atoms with E-state index in [9.17, 15) is 4.79 Å². The minimum absolute atomic E-state index is 0.0315. The maximum Gasteiger partial charge on any atom is 0.256 e. The third-order valence-corrected chi connectivity index (χ3v) is 4.68. The van der Waals surface area contributed by atoms with Crippen LogP contribution in [0.1, 0.15) is 56.6 Å². The number of hydrogen-bond acceptors (Lipinski definition) is 3. The van der Waals surface area contributed by atoms with E-state index < -0.39 is 5.60 Å². The van der Waals surface area contributed by atoms with Gasteiger partial charge in [0, 0.05) is 12.8 Å². The average molecular weight is 319 g/mol. The summed E-state index contributed by atoms with van der Waals surface area (Å²) in [6.45, 7) is 6.92. The molecule has 0 aliphatic heterocycles. The van der Waals surface area contributed by atoms with E-state index in [-0.39, 0.29) is 5.91 Å². The van der Waals surface area contributed by atoms with Gasteiger partial charge in [0.2, 0.25) is 0 Å². The van der Waals surface area contributed by atoms with Crippen LogP contribution >= 0.6 is 0 Å². The molecule has 23 heavy (non-hydrogen) atoms. The Morgan fingerprint density at radius 3 is 2.35 bits per heavy atom. The molecule has 128 valence electrons. The molecule has 4 heteroatoms. The first-order valence-corrected chi connectivity index (χ1v) is 8.63. The molecule has 1 N–H and O–H groups in total. The quantitative estimate of drug-likeness (QED) is 0.759. The maximum absolute atomic E-state index is 12.6. The fourth-order valence-electron chi connectivity index (χ4n) is 3.28. The summed E-state index contributed by atoms with van der Waals surface area (Å²) in [5, 5.41) is 3.03. The van der Waals surface area contributed by atoms with Gasteiger partial charge in [0.25, 0.3) is 5.91 Å². The lowest BCUT2D eigenvalue weighted by atomic mass is 10.0. The van der Waals surface area contributed by atoms with Crippen molar-refractivity contribution in [1.82, 2.24) is 0 Å². The van der Waals surface area contributed by atoms with Crippen LogP contribution in [0.2, 0.25) is 0 Å². The summed E-state index contributed by atoms with van der Waals surface area (Å²) in [5.41, 5.74) is 2.26. The number of hydrogen-bond donors (Lipinski definition) is 1. The van der Waals surface area contributed by atoms with Gasteiger partial charge in [-0.05, 0) is 69.2 Å². The highest BCUT2D eigenvalue weighted by atomic mass is 16.5. The second kappa shape index (κ2) is 7.82. The summed E-state index contributed by atoms with van der Waals surface area (Å²) in [6.07, 6.45) is 5.85. The molecular formula is C19H29NO3. The molecule has 1 saturated carbocycles. The van der Waals surface area contributed by atoms with Crippen molar-refractivity contribution >= 4 is 11.6 Å². The maximum atomic E-state index is 12.6. The van der Waals surface area contributed by atoms with Gasteiger partial charge in [-0.15, -0.1) is 0 Å². The zero-order valence-corrected chi connectivity index (χ0v) is 14.8. The van der Waals surface area contributed by atoms with Crippen molar-refractivity contribution in [2.24, 2.45) is 0 Å². The normalized spacial score (nSPS) is 16.3. The first kappa shape index (κ1) is 17.8. The SMILES string of the molecule is CCCCOc1c(C)cc(NC(=O)C2(OC)CCCC2)cc1C. The van der Waals surface area contributed by atoms with Crippen LogP contribution < -0.4 is 10.1 Å². The first-order chi connectivity index (χ1) is 11.0. The number of methoxy groups -OCH3 is 1. The zero-order valence-electron chi connectivity index (χ0n) is 14.8. The van der Waals surface area contributed by atoms with E-state index >= 15 is 0 Å². The smallest absolute Gasteiger partial charge is 0.256 e. The Bertz CT molecular complexity index is 525. The molecule has 0 saturated heterocycles. The molecule has 2 rings (SSSR count). The van der Waals surface area contributed by atoms with Crippen molar-refractivity contribution in [3.8, 4) is 5.75 Å². The third kappa shape index (κ3) is 4.05. The molecule has 1 aromatic rings. The molecule has 0 unspecified atom stereocenters. The standard InChI is InChI=1S/C19H29NO3/c1-5-6-11-23-17-14(2)12-16(13-15(17)3)20-18(21)19(22-4)9-7-8-10-19/h12-13H,5-11H2,1-4H3,(H,20,21). The Morgan fingerprint density at radius 2 is 1.83 bits per heavy atom. The molecule has 4 nitrogen and oxygen atoms in total. The number of carbonyl (C=O) groups excluding carboxylic acids is 1. The lowest BCUT2D eigenvalue weighted by molar-refractivity contribution is -0.136. The Labute approximate surface area is 139 Å². The number of carbonyl (C=O) groups is 1. The van der Waals surface area contributed by atoms with Crippen molar-refractivity contribution in [2.75, 3.05) is 19.0 Å². The monoisotopic (exact) mass is 319 g/mol. The largest absolute Gasteiger partial charge is 0.493 e. The van der Waals surface area contributed by atoms with Crippen molar-refractivity contribution in [1.29, 1.82) is 0 Å². The van der Waals surface area contributed by atoms with E-state index in [1.54, 1.807) is 7.11 Å². The number of aryl methyl sites for hydroxylation is 2. The van der Waals surface area contributed by atoms with E-state index in [1.165, 1.54) is 0 Å². The first-order valence-electron chi connectivity index (χ1n) is 8.63. The lowest BCUT2D eigenvalue weighted by Gasteiger charge is -2.26. The predicted octanol–water partition coefficient (Wildman–Crippen LogP) is 4.38. The predicted molar refractivity (Wildman–Crippen MR) is 93.2 cm³/mol. The highest BCUT2D eigenvalue weighted by Crippen LogP contribution is 2.34. The van der Waals surface area contributed by atoms with Gasteiger partial charge in [-0.1, -0.05) is 13.3 Å². The zero-order chi connectivity index (χ0) is 16.9. The molecular weight excluding hydrogens is 290 g/mol. The highest BCUT2D eigenvalue weighted by Gasteiger charge is 2.41. The molecule has 1 aliphatic rings.